The molecule has 5 heteroatoms. The van der Waals surface area contributed by atoms with Crippen molar-refractivity contribution < 1.29 is 9.18 Å². The Hall–Kier alpha value is -1.88. The van der Waals surface area contributed by atoms with E-state index in [0.29, 0.717) is 31.9 Å². The summed E-state index contributed by atoms with van der Waals surface area (Å²) in [4.78, 5) is 16.3. The van der Waals surface area contributed by atoms with Crippen LogP contribution in [0.15, 0.2) is 35.4 Å². The highest BCUT2D eigenvalue weighted by molar-refractivity contribution is 5.94. The van der Waals surface area contributed by atoms with Gasteiger partial charge in [0.05, 0.1) is 5.69 Å². The Morgan fingerprint density at radius 2 is 1.81 bits per heavy atom. The minimum absolute atomic E-state index is 0.125. The highest BCUT2D eigenvalue weighted by Crippen LogP contribution is 2.21. The number of halogens is 1. The number of piperazine rings is 1. The van der Waals surface area contributed by atoms with E-state index in [0.717, 1.165) is 18.7 Å². The van der Waals surface area contributed by atoms with Crippen molar-refractivity contribution in [2.45, 2.75) is 6.92 Å². The number of hydrogen-bond donors (Lipinski definition) is 1. The molecule has 0 unspecified atom stereocenters. The first-order chi connectivity index (χ1) is 10.2. The molecule has 4 nitrogen and oxygen atoms in total. The van der Waals surface area contributed by atoms with Crippen LogP contribution in [0.5, 0.6) is 0 Å². The van der Waals surface area contributed by atoms with Gasteiger partial charge in [0, 0.05) is 44.8 Å². The summed E-state index contributed by atoms with van der Waals surface area (Å²) in [5.41, 5.74) is 2.70. The summed E-state index contributed by atoms with van der Waals surface area (Å²) in [6.45, 7) is 6.19. The molecule has 1 aromatic carbocycles. The van der Waals surface area contributed by atoms with Gasteiger partial charge in [0.15, 0.2) is 0 Å². The zero-order valence-electron chi connectivity index (χ0n) is 12.2. The average Bonchev–Trinajstić information content (AvgIpc) is 2.45. The summed E-state index contributed by atoms with van der Waals surface area (Å²) in [7, 11) is 0. The lowest BCUT2D eigenvalue weighted by Crippen LogP contribution is -2.50. The molecule has 2 fully saturated rings. The molecule has 2 aliphatic rings. The quantitative estimate of drug-likeness (QED) is 0.836. The van der Waals surface area contributed by atoms with Crippen LogP contribution in [-0.4, -0.2) is 50.1 Å². The van der Waals surface area contributed by atoms with Gasteiger partial charge in [-0.15, -0.1) is 0 Å². The predicted molar refractivity (Wildman–Crippen MR) is 80.8 cm³/mol. The third-order valence-electron chi connectivity index (χ3n) is 4.29. The van der Waals surface area contributed by atoms with Crippen LogP contribution in [0.2, 0.25) is 0 Å². The molecule has 21 heavy (non-hydrogen) atoms. The Balaban J connectivity index is 1.63. The molecule has 0 atom stereocenters. The molecule has 2 saturated heterocycles. The third-order valence-corrected chi connectivity index (χ3v) is 4.29. The SMILES string of the molecule is CC(C(=O)N1CCN(c2ccccc2F)CC1)=C1CNC1. The summed E-state index contributed by atoms with van der Waals surface area (Å²) in [6, 6.07) is 6.81. The molecule has 3 rings (SSSR count). The summed E-state index contributed by atoms with van der Waals surface area (Å²) in [6.07, 6.45) is 0. The molecule has 0 saturated carbocycles. The molecule has 0 aromatic heterocycles. The molecule has 1 N–H and O–H groups in total. The molecule has 0 aliphatic carbocycles. The molecule has 2 aliphatic heterocycles. The van der Waals surface area contributed by atoms with Gasteiger partial charge in [-0.05, 0) is 24.6 Å². The van der Waals surface area contributed by atoms with Crippen LogP contribution < -0.4 is 10.2 Å². The molecular formula is C16H20FN3O. The van der Waals surface area contributed by atoms with Gasteiger partial charge >= 0.3 is 0 Å². The topological polar surface area (TPSA) is 35.6 Å². The Kier molecular flexibility index (Phi) is 3.92. The number of nitrogens with one attached hydrogen (secondary N) is 1. The van der Waals surface area contributed by atoms with Gasteiger partial charge in [0.25, 0.3) is 0 Å². The number of hydrogen-bond acceptors (Lipinski definition) is 3. The van der Waals surface area contributed by atoms with Crippen LogP contribution in [-0.2, 0) is 4.79 Å². The smallest absolute Gasteiger partial charge is 0.249 e. The number of carbonyl (C=O) groups excluding carboxylic acids is 1. The van der Waals surface area contributed by atoms with Crippen LogP contribution in [0.25, 0.3) is 0 Å². The van der Waals surface area contributed by atoms with Crippen molar-refractivity contribution in [3.05, 3.63) is 41.2 Å². The number of rotatable bonds is 2. The highest BCUT2D eigenvalue weighted by atomic mass is 19.1. The zero-order chi connectivity index (χ0) is 14.8. The number of amides is 1. The second-order valence-corrected chi connectivity index (χ2v) is 5.56. The van der Waals surface area contributed by atoms with E-state index in [1.165, 1.54) is 11.6 Å². The van der Waals surface area contributed by atoms with E-state index < -0.39 is 0 Å². The van der Waals surface area contributed by atoms with E-state index in [1.807, 2.05) is 22.8 Å². The number of para-hydroxylation sites is 1. The van der Waals surface area contributed by atoms with Gasteiger partial charge in [0.1, 0.15) is 5.82 Å². The van der Waals surface area contributed by atoms with Gasteiger partial charge in [-0.1, -0.05) is 12.1 Å². The summed E-state index contributed by atoms with van der Waals surface area (Å²) in [5.74, 6) is -0.0733. The minimum atomic E-state index is -0.198. The maximum atomic E-state index is 13.8. The monoisotopic (exact) mass is 289 g/mol. The fourth-order valence-electron chi connectivity index (χ4n) is 2.76. The lowest BCUT2D eigenvalue weighted by atomic mass is 10.0. The van der Waals surface area contributed by atoms with Crippen molar-refractivity contribution in [3.8, 4) is 0 Å². The van der Waals surface area contributed by atoms with Crippen LogP contribution in [0.4, 0.5) is 10.1 Å². The van der Waals surface area contributed by atoms with Crippen molar-refractivity contribution in [2.75, 3.05) is 44.2 Å². The van der Waals surface area contributed by atoms with E-state index >= 15 is 0 Å². The van der Waals surface area contributed by atoms with Crippen molar-refractivity contribution in [3.63, 3.8) is 0 Å². The number of carbonyl (C=O) groups is 1. The highest BCUT2D eigenvalue weighted by Gasteiger charge is 2.25. The summed E-state index contributed by atoms with van der Waals surface area (Å²) < 4.78 is 13.8. The average molecular weight is 289 g/mol. The molecule has 1 aromatic rings. The second-order valence-electron chi connectivity index (χ2n) is 5.56. The molecular weight excluding hydrogens is 269 g/mol. The Labute approximate surface area is 124 Å². The zero-order valence-corrected chi connectivity index (χ0v) is 12.2. The number of benzene rings is 1. The third kappa shape index (κ3) is 2.78. The Morgan fingerprint density at radius 3 is 2.38 bits per heavy atom. The molecule has 2 heterocycles. The van der Waals surface area contributed by atoms with Crippen LogP contribution in [0, 0.1) is 5.82 Å². The molecule has 1 amide bonds. The van der Waals surface area contributed by atoms with Crippen molar-refractivity contribution in [2.24, 2.45) is 0 Å². The largest absolute Gasteiger partial charge is 0.366 e. The van der Waals surface area contributed by atoms with Crippen molar-refractivity contribution >= 4 is 11.6 Å². The fourth-order valence-corrected chi connectivity index (χ4v) is 2.76. The fraction of sp³-hybridized carbons (Fsp3) is 0.438. The molecule has 0 bridgehead atoms. The van der Waals surface area contributed by atoms with Crippen molar-refractivity contribution in [1.29, 1.82) is 0 Å². The Morgan fingerprint density at radius 1 is 1.14 bits per heavy atom. The standard InChI is InChI=1S/C16H20FN3O/c1-12(13-10-18-11-13)16(21)20-8-6-19(7-9-20)15-5-3-2-4-14(15)17/h2-5,18H,6-11H2,1H3. The number of nitrogens with zero attached hydrogens (tertiary/aromatic N) is 2. The van der Waals surface area contributed by atoms with Gasteiger partial charge in [-0.3, -0.25) is 4.79 Å². The van der Waals surface area contributed by atoms with Gasteiger partial charge in [-0.2, -0.15) is 0 Å². The van der Waals surface area contributed by atoms with Crippen LogP contribution in [0.1, 0.15) is 6.92 Å². The normalized spacial score (nSPS) is 18.5. The first kappa shape index (κ1) is 14.1. The lowest BCUT2D eigenvalue weighted by Gasteiger charge is -2.37. The van der Waals surface area contributed by atoms with Gasteiger partial charge in [0.2, 0.25) is 5.91 Å². The molecule has 0 spiro atoms. The van der Waals surface area contributed by atoms with E-state index in [9.17, 15) is 9.18 Å². The maximum Gasteiger partial charge on any atom is 0.249 e. The predicted octanol–water partition coefficient (Wildman–Crippen LogP) is 1.39. The van der Waals surface area contributed by atoms with E-state index in [-0.39, 0.29) is 11.7 Å². The van der Waals surface area contributed by atoms with Crippen LogP contribution in [0.3, 0.4) is 0 Å². The van der Waals surface area contributed by atoms with E-state index in [1.54, 1.807) is 12.1 Å². The van der Waals surface area contributed by atoms with Crippen molar-refractivity contribution in [1.82, 2.24) is 10.2 Å². The minimum Gasteiger partial charge on any atom is -0.366 e. The second kappa shape index (κ2) is 5.85. The van der Waals surface area contributed by atoms with Crippen LogP contribution >= 0.6 is 0 Å². The first-order valence-electron chi connectivity index (χ1n) is 7.35. The first-order valence-corrected chi connectivity index (χ1v) is 7.35. The van der Waals surface area contributed by atoms with E-state index in [2.05, 4.69) is 5.32 Å². The molecule has 112 valence electrons. The van der Waals surface area contributed by atoms with Gasteiger partial charge in [-0.25, -0.2) is 4.39 Å². The Bertz CT molecular complexity index is 571. The summed E-state index contributed by atoms with van der Waals surface area (Å²) >= 11 is 0. The maximum absolute atomic E-state index is 13.8. The van der Waals surface area contributed by atoms with E-state index in [4.69, 9.17) is 0 Å². The van der Waals surface area contributed by atoms with Gasteiger partial charge < -0.3 is 15.1 Å². The number of anilines is 1. The lowest BCUT2D eigenvalue weighted by molar-refractivity contribution is -0.127. The summed E-state index contributed by atoms with van der Waals surface area (Å²) in [5, 5.41) is 3.16. The molecule has 0 radical (unpaired) electrons.